The fraction of sp³-hybridized carbons (Fsp3) is 0.500. The molecule has 0 spiro atoms. The lowest BCUT2D eigenvalue weighted by molar-refractivity contribution is -0.145. The van der Waals surface area contributed by atoms with Crippen LogP contribution in [0.15, 0.2) is 60.7 Å². The number of rotatable bonds is 11. The van der Waals surface area contributed by atoms with Crippen molar-refractivity contribution in [3.63, 3.8) is 0 Å². The number of carbonyl (C=O) groups is 1. The van der Waals surface area contributed by atoms with Crippen molar-refractivity contribution >= 4 is 67.6 Å². The molecule has 1 aliphatic carbocycles. The van der Waals surface area contributed by atoms with E-state index in [9.17, 15) is 4.79 Å². The minimum atomic E-state index is -0.453. The Balaban J connectivity index is 1.84. The second-order valence-electron chi connectivity index (χ2n) is 19.9. The van der Waals surface area contributed by atoms with Gasteiger partial charge in [-0.15, -0.1) is 0 Å². The van der Waals surface area contributed by atoms with Gasteiger partial charge < -0.3 is 14.2 Å². The highest BCUT2D eigenvalue weighted by molar-refractivity contribution is 7.56. The van der Waals surface area contributed by atoms with Gasteiger partial charge in [0.15, 0.2) is 6.61 Å². The smallest absolute Gasteiger partial charge is 0.344 e. The SMILES string of the molecule is CCOC(=O)COc1c(Cl)ccc(Pc2cc(C(C)(C)C)cc(C(C)(C)C)c2)c1-c1c(Pc2cc(C(C)(C)C)cc(C(C)(C)C)c2)ccc(Cl)c1OC1CCCCC1. The first-order valence-electron chi connectivity index (χ1n) is 20.9. The summed E-state index contributed by atoms with van der Waals surface area (Å²) >= 11 is 14.5. The largest absolute Gasteiger partial charge is 0.488 e. The molecule has 8 heteroatoms. The van der Waals surface area contributed by atoms with Crippen molar-refractivity contribution in [2.75, 3.05) is 13.2 Å². The van der Waals surface area contributed by atoms with Crippen molar-refractivity contribution in [2.24, 2.45) is 0 Å². The van der Waals surface area contributed by atoms with Gasteiger partial charge in [0.1, 0.15) is 11.5 Å². The second kappa shape index (κ2) is 18.6. The summed E-state index contributed by atoms with van der Waals surface area (Å²) in [7, 11) is 0.506. The molecule has 0 aliphatic heterocycles. The number of hydrogen-bond donors (Lipinski definition) is 0. The third kappa shape index (κ3) is 11.8. The van der Waals surface area contributed by atoms with Crippen molar-refractivity contribution in [1.82, 2.24) is 0 Å². The van der Waals surface area contributed by atoms with Crippen LogP contribution in [0, 0.1) is 0 Å². The lowest BCUT2D eigenvalue weighted by atomic mass is 9.81. The fourth-order valence-corrected chi connectivity index (χ4v) is 10.2. The first-order valence-corrected chi connectivity index (χ1v) is 23.7. The number of esters is 1. The number of ether oxygens (including phenoxy) is 3. The van der Waals surface area contributed by atoms with Gasteiger partial charge in [-0.2, -0.15) is 0 Å². The minimum absolute atomic E-state index is 0.0343. The average Bonchev–Trinajstić information content (AvgIpc) is 3.12. The Morgan fingerprint density at radius 1 is 0.603 bits per heavy atom. The van der Waals surface area contributed by atoms with Gasteiger partial charge in [-0.3, -0.25) is 0 Å². The zero-order valence-corrected chi connectivity index (χ0v) is 40.7. The molecule has 2 unspecified atom stereocenters. The molecule has 58 heavy (non-hydrogen) atoms. The first kappa shape index (κ1) is 46.5. The van der Waals surface area contributed by atoms with Crippen molar-refractivity contribution in [3.8, 4) is 22.6 Å². The molecule has 0 saturated heterocycles. The van der Waals surface area contributed by atoms with Crippen LogP contribution in [-0.2, 0) is 31.2 Å². The molecule has 1 aliphatic rings. The molecular weight excluding hydrogens is 797 g/mol. The summed E-state index contributed by atoms with van der Waals surface area (Å²) in [6, 6.07) is 22.3. The number of carbonyl (C=O) groups excluding carboxylic acids is 1. The molecule has 1 fully saturated rings. The Bertz CT molecular complexity index is 2030. The van der Waals surface area contributed by atoms with E-state index in [4.69, 9.17) is 37.4 Å². The van der Waals surface area contributed by atoms with Crippen LogP contribution in [0.5, 0.6) is 11.5 Å². The molecule has 4 nitrogen and oxygen atoms in total. The van der Waals surface area contributed by atoms with Crippen LogP contribution in [0.2, 0.25) is 10.0 Å². The van der Waals surface area contributed by atoms with E-state index in [1.165, 1.54) is 39.3 Å². The van der Waals surface area contributed by atoms with Crippen LogP contribution >= 0.6 is 40.4 Å². The summed E-state index contributed by atoms with van der Waals surface area (Å²) < 4.78 is 18.9. The predicted molar refractivity (Wildman–Crippen MR) is 254 cm³/mol. The molecule has 0 bridgehead atoms. The summed E-state index contributed by atoms with van der Waals surface area (Å²) in [5.41, 5.74) is 6.69. The maximum absolute atomic E-state index is 12.9. The maximum Gasteiger partial charge on any atom is 0.344 e. The Kier molecular flexibility index (Phi) is 14.9. The van der Waals surface area contributed by atoms with Crippen LogP contribution in [-0.4, -0.2) is 25.3 Å². The molecule has 1 saturated carbocycles. The van der Waals surface area contributed by atoms with E-state index in [1.807, 2.05) is 12.1 Å². The molecular formula is C50H66Cl2O4P2. The summed E-state index contributed by atoms with van der Waals surface area (Å²) in [5, 5.41) is 5.52. The maximum atomic E-state index is 12.9. The molecule has 5 rings (SSSR count). The van der Waals surface area contributed by atoms with Crippen molar-refractivity contribution in [3.05, 3.63) is 93.0 Å². The number of halogens is 2. The van der Waals surface area contributed by atoms with Crippen LogP contribution in [0.25, 0.3) is 11.1 Å². The van der Waals surface area contributed by atoms with Gasteiger partial charge in [-0.25, -0.2) is 4.79 Å². The third-order valence-electron chi connectivity index (χ3n) is 10.8. The van der Waals surface area contributed by atoms with E-state index in [0.717, 1.165) is 47.4 Å². The van der Waals surface area contributed by atoms with Gasteiger partial charge in [0, 0.05) is 11.1 Å². The molecule has 4 aromatic rings. The van der Waals surface area contributed by atoms with Crippen molar-refractivity contribution in [2.45, 2.75) is 150 Å². The number of benzene rings is 4. The zero-order chi connectivity index (χ0) is 42.8. The molecule has 0 radical (unpaired) electrons. The normalized spacial score (nSPS) is 14.8. The Morgan fingerprint density at radius 2 is 1.00 bits per heavy atom. The third-order valence-corrected chi connectivity index (χ3v) is 14.0. The Morgan fingerprint density at radius 3 is 1.40 bits per heavy atom. The standard InChI is InChI=1S/C50H66Cl2O4P2/c1-14-54-42(53)30-55-45-38(51)20-22-40(57-36-26-31(47(2,3)4)24-32(27-36)48(5,6)7)43(45)44-41(23-21-39(52)46(44)56-35-18-16-15-17-19-35)58-37-28-33(49(8,9)10)25-34(29-37)50(11,12)13/h20-29,35,57-58H,14-19,30H2,1-13H3. The lowest BCUT2D eigenvalue weighted by Gasteiger charge is -2.29. The molecule has 4 aromatic carbocycles. The molecule has 314 valence electrons. The van der Waals surface area contributed by atoms with Crippen LogP contribution in [0.1, 0.15) is 144 Å². The van der Waals surface area contributed by atoms with E-state index in [2.05, 4.69) is 132 Å². The summed E-state index contributed by atoms with van der Waals surface area (Å²) in [6.07, 6.45) is 5.41. The van der Waals surface area contributed by atoms with Gasteiger partial charge in [0.2, 0.25) is 0 Å². The number of hydrogen-bond acceptors (Lipinski definition) is 4. The topological polar surface area (TPSA) is 44.8 Å². The van der Waals surface area contributed by atoms with Gasteiger partial charge >= 0.3 is 5.97 Å². The van der Waals surface area contributed by atoms with E-state index >= 15 is 0 Å². The highest BCUT2D eigenvalue weighted by Gasteiger charge is 2.29. The van der Waals surface area contributed by atoms with Crippen molar-refractivity contribution < 1.29 is 19.0 Å². The van der Waals surface area contributed by atoms with E-state index in [-0.39, 0.29) is 58.1 Å². The van der Waals surface area contributed by atoms with Gasteiger partial charge in [0.05, 0.1) is 22.8 Å². The van der Waals surface area contributed by atoms with Gasteiger partial charge in [-0.1, -0.05) is 178 Å². The Hall–Kier alpha value is -2.61. The zero-order valence-electron chi connectivity index (χ0n) is 37.2. The fourth-order valence-electron chi connectivity index (χ4n) is 7.20. The van der Waals surface area contributed by atoms with Gasteiger partial charge in [-0.05, 0) is 110 Å². The highest BCUT2D eigenvalue weighted by Crippen LogP contribution is 2.46. The van der Waals surface area contributed by atoms with E-state index < -0.39 is 5.97 Å². The predicted octanol–water partition coefficient (Wildman–Crippen LogP) is 12.8. The summed E-state index contributed by atoms with van der Waals surface area (Å²) in [5.74, 6) is 0.628. The van der Waals surface area contributed by atoms with E-state index in [1.54, 1.807) is 6.92 Å². The first-order chi connectivity index (χ1) is 26.9. The van der Waals surface area contributed by atoms with E-state index in [0.29, 0.717) is 21.5 Å². The quantitative estimate of drug-likeness (QED) is 0.111. The minimum Gasteiger partial charge on any atom is -0.488 e. The highest BCUT2D eigenvalue weighted by atomic mass is 35.5. The van der Waals surface area contributed by atoms with Crippen LogP contribution < -0.4 is 30.7 Å². The summed E-state index contributed by atoms with van der Waals surface area (Å²) in [6.45, 7) is 29.0. The molecule has 2 atom stereocenters. The van der Waals surface area contributed by atoms with Crippen LogP contribution in [0.4, 0.5) is 0 Å². The van der Waals surface area contributed by atoms with Gasteiger partial charge in [0.25, 0.3) is 0 Å². The Labute approximate surface area is 363 Å². The molecule has 0 N–H and O–H groups in total. The average molecular weight is 864 g/mol. The summed E-state index contributed by atoms with van der Waals surface area (Å²) in [4.78, 5) is 12.9. The molecule has 0 aromatic heterocycles. The lowest BCUT2D eigenvalue weighted by Crippen LogP contribution is -2.24. The molecule has 0 amide bonds. The van der Waals surface area contributed by atoms with Crippen LogP contribution in [0.3, 0.4) is 0 Å². The van der Waals surface area contributed by atoms with Crippen molar-refractivity contribution in [1.29, 1.82) is 0 Å². The monoisotopic (exact) mass is 862 g/mol. The second-order valence-corrected chi connectivity index (χ2v) is 23.5. The molecule has 0 heterocycles.